The van der Waals surface area contributed by atoms with E-state index in [0.29, 0.717) is 24.1 Å². The lowest BCUT2D eigenvalue weighted by atomic mass is 9.93. The number of carbonyl (C=O) groups is 3. The number of ether oxygens (including phenoxy) is 2. The fourth-order valence-corrected chi connectivity index (χ4v) is 4.76. The zero-order valence-electron chi connectivity index (χ0n) is 26.5. The first kappa shape index (κ1) is 32.8. The summed E-state index contributed by atoms with van der Waals surface area (Å²) in [4.78, 5) is 38.2. The molecule has 234 valence electrons. The number of rotatable bonds is 11. The first-order valence-electron chi connectivity index (χ1n) is 15.2. The number of alkyl carbamates (subject to hydrolysis) is 1. The van der Waals surface area contributed by atoms with Gasteiger partial charge in [0.1, 0.15) is 11.6 Å². The molecule has 0 bridgehead atoms. The Balaban J connectivity index is 1.64. The molecular weight excluding hydrogens is 566 g/mol. The highest BCUT2D eigenvalue weighted by molar-refractivity contribution is 6.04. The molecule has 1 atom stereocenters. The van der Waals surface area contributed by atoms with Crippen LogP contribution < -0.4 is 16.0 Å². The van der Waals surface area contributed by atoms with Crippen LogP contribution in [-0.2, 0) is 20.8 Å². The number of amides is 2. The van der Waals surface area contributed by atoms with Crippen molar-refractivity contribution in [3.8, 4) is 22.3 Å². The Hall–Kier alpha value is -5.11. The van der Waals surface area contributed by atoms with Crippen LogP contribution in [0.1, 0.15) is 57.0 Å². The van der Waals surface area contributed by atoms with Crippen LogP contribution in [0.15, 0.2) is 97.1 Å². The Labute approximate surface area is 265 Å². The summed E-state index contributed by atoms with van der Waals surface area (Å²) in [6.07, 6.45) is -0.0626. The van der Waals surface area contributed by atoms with Crippen molar-refractivity contribution in [1.82, 2.24) is 10.6 Å². The molecule has 0 fully saturated rings. The molecular formula is C37H41N3O5. The lowest BCUT2D eigenvalue weighted by Crippen LogP contribution is -2.41. The van der Waals surface area contributed by atoms with E-state index in [1.807, 2.05) is 119 Å². The second kappa shape index (κ2) is 15.1. The van der Waals surface area contributed by atoms with Gasteiger partial charge >= 0.3 is 12.1 Å². The third-order valence-corrected chi connectivity index (χ3v) is 6.94. The molecule has 3 N–H and O–H groups in total. The minimum absolute atomic E-state index is 0.239. The Morgan fingerprint density at radius 1 is 0.778 bits per heavy atom. The van der Waals surface area contributed by atoms with Gasteiger partial charge in [-0.05, 0) is 86.7 Å². The van der Waals surface area contributed by atoms with Gasteiger partial charge in [-0.1, -0.05) is 73.7 Å². The molecule has 0 saturated heterocycles. The molecule has 4 aromatic rings. The molecule has 0 aromatic heterocycles. The van der Waals surface area contributed by atoms with E-state index in [9.17, 15) is 14.4 Å². The number of carbonyl (C=O) groups excluding carboxylic acids is 3. The third kappa shape index (κ3) is 9.19. The van der Waals surface area contributed by atoms with Crippen LogP contribution in [0.2, 0.25) is 0 Å². The van der Waals surface area contributed by atoms with Gasteiger partial charge < -0.3 is 25.4 Å². The Kier molecular flexibility index (Phi) is 11.0. The van der Waals surface area contributed by atoms with Crippen LogP contribution in [0.4, 0.5) is 16.2 Å². The summed E-state index contributed by atoms with van der Waals surface area (Å²) in [5, 5.41) is 9.13. The molecule has 0 saturated carbocycles. The second-order valence-corrected chi connectivity index (χ2v) is 11.5. The van der Waals surface area contributed by atoms with Crippen molar-refractivity contribution in [3.63, 3.8) is 0 Å². The molecule has 4 aromatic carbocycles. The second-order valence-electron chi connectivity index (χ2n) is 11.5. The van der Waals surface area contributed by atoms with Gasteiger partial charge in [0, 0.05) is 29.0 Å². The van der Waals surface area contributed by atoms with Gasteiger partial charge in [0.25, 0.3) is 5.91 Å². The maximum atomic E-state index is 13.7. The summed E-state index contributed by atoms with van der Waals surface area (Å²) < 4.78 is 10.5. The predicted octanol–water partition coefficient (Wildman–Crippen LogP) is 7.86. The first-order valence-corrected chi connectivity index (χ1v) is 15.2. The zero-order valence-corrected chi connectivity index (χ0v) is 26.5. The van der Waals surface area contributed by atoms with Gasteiger partial charge in [0.15, 0.2) is 0 Å². The van der Waals surface area contributed by atoms with E-state index in [-0.39, 0.29) is 12.5 Å². The molecule has 0 aliphatic carbocycles. The van der Waals surface area contributed by atoms with E-state index in [2.05, 4.69) is 16.0 Å². The molecule has 1 unspecified atom stereocenters. The highest BCUT2D eigenvalue weighted by Gasteiger charge is 2.23. The molecule has 8 heteroatoms. The summed E-state index contributed by atoms with van der Waals surface area (Å²) in [6, 6.07) is 30.4. The van der Waals surface area contributed by atoms with Gasteiger partial charge in [-0.15, -0.1) is 0 Å². The lowest BCUT2D eigenvalue weighted by Gasteiger charge is -2.20. The van der Waals surface area contributed by atoms with E-state index in [4.69, 9.17) is 9.47 Å². The molecule has 0 aliphatic rings. The smallest absolute Gasteiger partial charge is 0.407 e. The van der Waals surface area contributed by atoms with Crippen molar-refractivity contribution in [2.24, 2.45) is 0 Å². The quantitative estimate of drug-likeness (QED) is 0.150. The predicted molar refractivity (Wildman–Crippen MR) is 178 cm³/mol. The standard InChI is InChI=1S/C37H41N3O5/c1-6-32(35(42)44-7-2)40-34(41)30-22-19-27(26-13-9-8-10-14-26)23-31(30)29-15-11-12-16-33(29)39-28-20-17-25(18-21-28)24-38-36(43)45-37(3,4)5/h8-23,32,39H,6-7,24H2,1-5H3,(H,38,43)(H,40,41). The minimum Gasteiger partial charge on any atom is -0.464 e. The summed E-state index contributed by atoms with van der Waals surface area (Å²) in [5.41, 5.74) is 5.94. The molecule has 0 heterocycles. The number of nitrogens with one attached hydrogen (secondary N) is 3. The van der Waals surface area contributed by atoms with Crippen LogP contribution in [-0.4, -0.2) is 36.2 Å². The van der Waals surface area contributed by atoms with E-state index in [0.717, 1.165) is 33.6 Å². The van der Waals surface area contributed by atoms with Crippen LogP contribution in [0.25, 0.3) is 22.3 Å². The topological polar surface area (TPSA) is 106 Å². The van der Waals surface area contributed by atoms with Gasteiger partial charge in [-0.25, -0.2) is 9.59 Å². The summed E-state index contributed by atoms with van der Waals surface area (Å²) in [6.45, 7) is 9.62. The van der Waals surface area contributed by atoms with Crippen molar-refractivity contribution in [1.29, 1.82) is 0 Å². The third-order valence-electron chi connectivity index (χ3n) is 6.94. The average molecular weight is 608 g/mol. The number of benzene rings is 4. The molecule has 2 amide bonds. The van der Waals surface area contributed by atoms with Gasteiger partial charge in [0.05, 0.1) is 6.61 Å². The number of anilines is 2. The van der Waals surface area contributed by atoms with Crippen LogP contribution in [0.3, 0.4) is 0 Å². The highest BCUT2D eigenvalue weighted by atomic mass is 16.6. The lowest BCUT2D eigenvalue weighted by molar-refractivity contribution is -0.145. The van der Waals surface area contributed by atoms with Crippen LogP contribution >= 0.6 is 0 Å². The van der Waals surface area contributed by atoms with Crippen molar-refractivity contribution >= 4 is 29.3 Å². The van der Waals surface area contributed by atoms with E-state index in [1.165, 1.54) is 0 Å². The average Bonchev–Trinajstić information content (AvgIpc) is 3.03. The molecule has 45 heavy (non-hydrogen) atoms. The first-order chi connectivity index (χ1) is 21.6. The Bertz CT molecular complexity index is 1610. The number of esters is 1. The monoisotopic (exact) mass is 607 g/mol. The van der Waals surface area contributed by atoms with Crippen LogP contribution in [0.5, 0.6) is 0 Å². The number of para-hydroxylation sites is 1. The summed E-state index contributed by atoms with van der Waals surface area (Å²) >= 11 is 0. The van der Waals surface area contributed by atoms with Gasteiger partial charge in [-0.3, -0.25) is 4.79 Å². The van der Waals surface area contributed by atoms with Crippen LogP contribution in [0, 0.1) is 0 Å². The molecule has 4 rings (SSSR count). The normalized spacial score (nSPS) is 11.7. The summed E-state index contributed by atoms with van der Waals surface area (Å²) in [5.74, 6) is -0.816. The molecule has 0 spiro atoms. The van der Waals surface area contributed by atoms with E-state index in [1.54, 1.807) is 13.0 Å². The van der Waals surface area contributed by atoms with Crippen molar-refractivity contribution in [2.75, 3.05) is 11.9 Å². The molecule has 0 radical (unpaired) electrons. The fraction of sp³-hybridized carbons (Fsp3) is 0.270. The van der Waals surface area contributed by atoms with Crippen molar-refractivity contribution in [2.45, 2.75) is 59.2 Å². The van der Waals surface area contributed by atoms with Gasteiger partial charge in [-0.2, -0.15) is 0 Å². The van der Waals surface area contributed by atoms with Crippen molar-refractivity contribution < 1.29 is 23.9 Å². The maximum absolute atomic E-state index is 13.7. The maximum Gasteiger partial charge on any atom is 0.407 e. The highest BCUT2D eigenvalue weighted by Crippen LogP contribution is 2.35. The Morgan fingerprint density at radius 2 is 1.47 bits per heavy atom. The number of hydrogen-bond acceptors (Lipinski definition) is 6. The zero-order chi connectivity index (χ0) is 32.4. The SMILES string of the molecule is CCOC(=O)C(CC)NC(=O)c1ccc(-c2ccccc2)cc1-c1ccccc1Nc1ccc(CNC(=O)OC(C)(C)C)cc1. The minimum atomic E-state index is -0.754. The fourth-order valence-electron chi connectivity index (χ4n) is 4.76. The molecule has 8 nitrogen and oxygen atoms in total. The molecule has 0 aliphatic heterocycles. The summed E-state index contributed by atoms with van der Waals surface area (Å²) in [7, 11) is 0. The number of hydrogen-bond donors (Lipinski definition) is 3. The van der Waals surface area contributed by atoms with Gasteiger partial charge in [0.2, 0.25) is 0 Å². The Morgan fingerprint density at radius 3 is 2.13 bits per heavy atom. The largest absolute Gasteiger partial charge is 0.464 e. The van der Waals surface area contributed by atoms with E-state index >= 15 is 0 Å². The van der Waals surface area contributed by atoms with Crippen molar-refractivity contribution in [3.05, 3.63) is 108 Å². The van der Waals surface area contributed by atoms with E-state index < -0.39 is 23.7 Å².